The first-order valence-electron chi connectivity index (χ1n) is 13.6. The van der Waals surface area contributed by atoms with Gasteiger partial charge in [0, 0.05) is 12.0 Å². The van der Waals surface area contributed by atoms with E-state index in [1.165, 1.54) is 38.5 Å². The number of rotatable bonds is 3. The molecule has 4 heteroatoms. The average Bonchev–Trinajstić information content (AvgIpc) is 3.22. The van der Waals surface area contributed by atoms with E-state index in [2.05, 4.69) is 32.1 Å². The van der Waals surface area contributed by atoms with Crippen LogP contribution in [0.1, 0.15) is 77.2 Å². The van der Waals surface area contributed by atoms with Crippen molar-refractivity contribution in [2.75, 3.05) is 13.7 Å². The van der Waals surface area contributed by atoms with Gasteiger partial charge in [0.15, 0.2) is 0 Å². The molecule has 0 bridgehead atoms. The van der Waals surface area contributed by atoms with Gasteiger partial charge in [0.05, 0.1) is 25.9 Å². The number of aliphatic hydroxyl groups excluding tert-OH is 1. The highest BCUT2D eigenvalue weighted by Gasteiger charge is 2.59. The van der Waals surface area contributed by atoms with Crippen molar-refractivity contribution in [3.05, 3.63) is 41.5 Å². The minimum Gasteiger partial charge on any atom is -0.497 e. The Labute approximate surface area is 204 Å². The Balaban J connectivity index is 1.25. The minimum absolute atomic E-state index is 0.119. The summed E-state index contributed by atoms with van der Waals surface area (Å²) in [5.41, 5.74) is 3.34. The van der Waals surface area contributed by atoms with E-state index in [-0.39, 0.29) is 6.10 Å². The summed E-state index contributed by atoms with van der Waals surface area (Å²) in [6.07, 6.45) is 13.1. The maximum Gasteiger partial charge on any atom is 0.216 e. The van der Waals surface area contributed by atoms with E-state index >= 15 is 0 Å². The normalized spacial score (nSPS) is 43.5. The fraction of sp³-hybridized carbons (Fsp3) is 0.700. The average molecular weight is 464 g/mol. The van der Waals surface area contributed by atoms with Crippen LogP contribution in [0.2, 0.25) is 0 Å². The molecule has 1 aliphatic heterocycles. The van der Waals surface area contributed by atoms with Crippen molar-refractivity contribution in [3.8, 4) is 5.75 Å². The molecule has 6 rings (SSSR count). The molecule has 1 heterocycles. The van der Waals surface area contributed by atoms with Crippen LogP contribution >= 0.6 is 0 Å². The number of ether oxygens (including phenoxy) is 2. The monoisotopic (exact) mass is 463 g/mol. The Bertz CT molecular complexity index is 983. The number of fused-ring (bicyclic) bond motifs is 5. The summed E-state index contributed by atoms with van der Waals surface area (Å²) in [4.78, 5) is 5.23. The zero-order chi connectivity index (χ0) is 23.5. The van der Waals surface area contributed by atoms with Crippen LogP contribution in [0.4, 0.5) is 0 Å². The molecule has 8 atom stereocenters. The van der Waals surface area contributed by atoms with E-state index in [0.717, 1.165) is 60.8 Å². The van der Waals surface area contributed by atoms with Crippen LogP contribution in [0, 0.1) is 34.5 Å². The van der Waals surface area contributed by atoms with Gasteiger partial charge in [0.1, 0.15) is 5.75 Å². The van der Waals surface area contributed by atoms with Crippen molar-refractivity contribution in [2.24, 2.45) is 39.5 Å². The molecule has 0 aromatic heterocycles. The summed E-state index contributed by atoms with van der Waals surface area (Å²) in [6, 6.07) is 8.49. The van der Waals surface area contributed by atoms with E-state index in [9.17, 15) is 5.11 Å². The summed E-state index contributed by atoms with van der Waals surface area (Å²) in [7, 11) is 1.70. The molecular weight excluding hydrogens is 422 g/mol. The van der Waals surface area contributed by atoms with Gasteiger partial charge in [0.2, 0.25) is 5.90 Å². The Hall–Kier alpha value is -1.81. The Morgan fingerprint density at radius 3 is 2.56 bits per heavy atom. The van der Waals surface area contributed by atoms with Crippen molar-refractivity contribution >= 4 is 5.90 Å². The number of aliphatic hydroxyl groups is 1. The van der Waals surface area contributed by atoms with Crippen LogP contribution in [-0.2, 0) is 4.74 Å². The largest absolute Gasteiger partial charge is 0.497 e. The molecule has 0 unspecified atom stereocenters. The first-order valence-corrected chi connectivity index (χ1v) is 13.6. The van der Waals surface area contributed by atoms with Gasteiger partial charge >= 0.3 is 0 Å². The van der Waals surface area contributed by atoms with Crippen LogP contribution in [-0.4, -0.2) is 36.9 Å². The topological polar surface area (TPSA) is 51.0 Å². The van der Waals surface area contributed by atoms with Gasteiger partial charge in [-0.15, -0.1) is 0 Å². The van der Waals surface area contributed by atoms with Gasteiger partial charge in [-0.1, -0.05) is 25.5 Å². The number of methoxy groups -OCH3 is 1. The molecule has 1 aromatic carbocycles. The third kappa shape index (κ3) is 3.46. The standard InChI is InChI=1S/C30H41NO3/c1-29-15-12-21(32)18-20(29)6-9-23-24-10-11-26(30(24,2)16-13-25(23)29)27-14-17-34-28(31-27)19-4-7-22(33-3)8-5-19/h4-8,21,23-27,32H,9-18H2,1-3H3/t21-,23-,24-,25-,26+,27-,29-,30-/m0/s1. The first kappa shape index (κ1) is 22.6. The van der Waals surface area contributed by atoms with Crippen molar-refractivity contribution in [1.29, 1.82) is 0 Å². The van der Waals surface area contributed by atoms with Crippen LogP contribution in [0.5, 0.6) is 5.75 Å². The highest BCUT2D eigenvalue weighted by molar-refractivity contribution is 5.94. The molecule has 3 fully saturated rings. The summed E-state index contributed by atoms with van der Waals surface area (Å²) in [5.74, 6) is 4.74. The molecule has 34 heavy (non-hydrogen) atoms. The highest BCUT2D eigenvalue weighted by atomic mass is 16.5. The Morgan fingerprint density at radius 1 is 0.971 bits per heavy atom. The fourth-order valence-electron chi connectivity index (χ4n) is 9.03. The molecule has 1 aromatic rings. The van der Waals surface area contributed by atoms with Crippen molar-refractivity contribution in [2.45, 2.75) is 83.8 Å². The number of aliphatic imine (C=N–C) groups is 1. The molecule has 0 spiro atoms. The maximum atomic E-state index is 10.3. The second-order valence-electron chi connectivity index (χ2n) is 12.3. The van der Waals surface area contributed by atoms with Crippen molar-refractivity contribution in [1.82, 2.24) is 0 Å². The number of hydrogen-bond acceptors (Lipinski definition) is 4. The maximum absolute atomic E-state index is 10.3. The Morgan fingerprint density at radius 2 is 1.76 bits per heavy atom. The quantitative estimate of drug-likeness (QED) is 0.545. The van der Waals surface area contributed by atoms with Gasteiger partial charge < -0.3 is 14.6 Å². The summed E-state index contributed by atoms with van der Waals surface area (Å²) < 4.78 is 11.4. The predicted octanol–water partition coefficient (Wildman–Crippen LogP) is 6.17. The Kier molecular flexibility index (Phi) is 5.59. The lowest BCUT2D eigenvalue weighted by Gasteiger charge is -2.58. The fourth-order valence-corrected chi connectivity index (χ4v) is 9.03. The second-order valence-corrected chi connectivity index (χ2v) is 12.3. The first-order chi connectivity index (χ1) is 16.4. The molecule has 3 saturated carbocycles. The SMILES string of the molecule is COc1ccc(C2=N[C@H]([C@H]3CC[C@H]4[C@@H]5CC=C6C[C@@H](O)CC[C@]6(C)[C@H]5CC[C@]34C)CCO2)cc1. The van der Waals surface area contributed by atoms with Crippen LogP contribution < -0.4 is 4.74 Å². The van der Waals surface area contributed by atoms with Crippen molar-refractivity contribution < 1.29 is 14.6 Å². The number of hydrogen-bond donors (Lipinski definition) is 1. The van der Waals surface area contributed by atoms with Gasteiger partial charge in [-0.2, -0.15) is 0 Å². The third-order valence-electron chi connectivity index (χ3n) is 10.9. The van der Waals surface area contributed by atoms with E-state index < -0.39 is 0 Å². The van der Waals surface area contributed by atoms with Gasteiger partial charge in [0.25, 0.3) is 0 Å². The predicted molar refractivity (Wildman–Crippen MR) is 135 cm³/mol. The molecule has 5 aliphatic rings. The minimum atomic E-state index is -0.119. The van der Waals surface area contributed by atoms with Gasteiger partial charge in [-0.25, -0.2) is 4.99 Å². The second kappa shape index (κ2) is 8.40. The highest BCUT2D eigenvalue weighted by Crippen LogP contribution is 2.67. The number of allylic oxidation sites excluding steroid dienone is 1. The van der Waals surface area contributed by atoms with Crippen molar-refractivity contribution in [3.63, 3.8) is 0 Å². The van der Waals surface area contributed by atoms with Crippen LogP contribution in [0.15, 0.2) is 40.9 Å². The van der Waals surface area contributed by atoms with Gasteiger partial charge in [-0.05, 0) is 110 Å². The molecule has 1 N–H and O–H groups in total. The van der Waals surface area contributed by atoms with E-state index in [1.54, 1.807) is 12.7 Å². The third-order valence-corrected chi connectivity index (χ3v) is 10.9. The molecular formula is C30H41NO3. The van der Waals surface area contributed by atoms with Crippen LogP contribution in [0.25, 0.3) is 0 Å². The summed E-state index contributed by atoms with van der Waals surface area (Å²) in [5, 5.41) is 10.3. The van der Waals surface area contributed by atoms with Crippen LogP contribution in [0.3, 0.4) is 0 Å². The lowest BCUT2D eigenvalue weighted by molar-refractivity contribution is -0.0539. The van der Waals surface area contributed by atoms with E-state index in [4.69, 9.17) is 14.5 Å². The zero-order valence-corrected chi connectivity index (χ0v) is 21.1. The number of benzene rings is 1. The molecule has 0 saturated heterocycles. The lowest BCUT2D eigenvalue weighted by Crippen LogP contribution is -2.51. The summed E-state index contributed by atoms with van der Waals surface area (Å²) in [6.45, 7) is 5.90. The molecule has 0 radical (unpaired) electrons. The number of nitrogens with zero attached hydrogens (tertiary/aromatic N) is 1. The lowest BCUT2D eigenvalue weighted by atomic mass is 9.47. The summed E-state index contributed by atoms with van der Waals surface area (Å²) >= 11 is 0. The zero-order valence-electron chi connectivity index (χ0n) is 21.1. The smallest absolute Gasteiger partial charge is 0.216 e. The molecule has 0 amide bonds. The molecule has 4 nitrogen and oxygen atoms in total. The molecule has 184 valence electrons. The molecule has 4 aliphatic carbocycles. The van der Waals surface area contributed by atoms with Gasteiger partial charge in [-0.3, -0.25) is 0 Å². The van der Waals surface area contributed by atoms with E-state index in [0.29, 0.717) is 22.8 Å². The van der Waals surface area contributed by atoms with E-state index in [1.807, 2.05) is 12.1 Å².